The molecule has 0 atom stereocenters. The Morgan fingerprint density at radius 2 is 1.77 bits per heavy atom. The van der Waals surface area contributed by atoms with E-state index >= 15 is 0 Å². The van der Waals surface area contributed by atoms with Gasteiger partial charge in [-0.25, -0.2) is 8.78 Å². The van der Waals surface area contributed by atoms with E-state index in [1.807, 2.05) is 24.3 Å². The summed E-state index contributed by atoms with van der Waals surface area (Å²) in [7, 11) is 0. The van der Waals surface area contributed by atoms with Crippen LogP contribution in [-0.2, 0) is 17.9 Å². The number of alkyl halides is 4. The third-order valence-corrected chi connectivity index (χ3v) is 5.44. The molecule has 0 saturated carbocycles. The van der Waals surface area contributed by atoms with Crippen molar-refractivity contribution in [3.05, 3.63) is 70.2 Å². The second-order valence-electron chi connectivity index (χ2n) is 7.41. The van der Waals surface area contributed by atoms with Crippen LogP contribution in [0.25, 0.3) is 0 Å². The van der Waals surface area contributed by atoms with Gasteiger partial charge in [0.05, 0.1) is 6.61 Å². The van der Waals surface area contributed by atoms with Crippen molar-refractivity contribution in [1.82, 2.24) is 9.80 Å². The molecular formula is C22H23ClF4N2O2. The van der Waals surface area contributed by atoms with Gasteiger partial charge in [-0.15, -0.1) is 0 Å². The van der Waals surface area contributed by atoms with Crippen molar-refractivity contribution in [3.8, 4) is 0 Å². The average Bonchev–Trinajstić information content (AvgIpc) is 2.75. The topological polar surface area (TPSA) is 32.8 Å². The quantitative estimate of drug-likeness (QED) is 0.537. The summed E-state index contributed by atoms with van der Waals surface area (Å²) in [5.74, 6) is -4.37. The number of hydrogen-bond acceptors (Lipinski definition) is 3. The molecule has 0 bridgehead atoms. The van der Waals surface area contributed by atoms with E-state index in [1.165, 1.54) is 0 Å². The maximum Gasteiger partial charge on any atom is 0.330 e. The summed E-state index contributed by atoms with van der Waals surface area (Å²) < 4.78 is 55.0. The lowest BCUT2D eigenvalue weighted by molar-refractivity contribution is -0.168. The van der Waals surface area contributed by atoms with Gasteiger partial charge in [-0.2, -0.15) is 8.78 Å². The summed E-state index contributed by atoms with van der Waals surface area (Å²) in [6, 6.07) is 14.0. The normalized spacial score (nSPS) is 15.5. The molecule has 1 amide bonds. The Morgan fingerprint density at radius 1 is 1.06 bits per heavy atom. The number of carbonyl (C=O) groups excluding carboxylic acids is 1. The number of benzene rings is 2. The molecule has 1 fully saturated rings. The number of rotatable bonds is 8. The van der Waals surface area contributed by atoms with Crippen LogP contribution in [0.5, 0.6) is 0 Å². The Hall–Kier alpha value is -2.16. The number of halogens is 5. The number of nitrogens with zero attached hydrogens (tertiary/aromatic N) is 2. The average molecular weight is 459 g/mol. The maximum absolute atomic E-state index is 12.9. The van der Waals surface area contributed by atoms with Crippen molar-refractivity contribution in [2.75, 3.05) is 32.8 Å². The number of hydrogen-bond donors (Lipinski definition) is 0. The lowest BCUT2D eigenvalue weighted by Crippen LogP contribution is -2.48. The summed E-state index contributed by atoms with van der Waals surface area (Å²) in [5.41, 5.74) is 1.91. The van der Waals surface area contributed by atoms with Crippen LogP contribution < -0.4 is 0 Å². The SMILES string of the molecule is O=C(c1cccc(COCC(F)(F)C(F)F)c1)N1CCN(Cc2ccccc2Cl)CC1. The number of carbonyl (C=O) groups is 1. The zero-order valence-corrected chi connectivity index (χ0v) is 17.5. The Morgan fingerprint density at radius 3 is 2.45 bits per heavy atom. The molecule has 1 heterocycles. The molecule has 0 unspecified atom stereocenters. The van der Waals surface area contributed by atoms with Gasteiger partial charge in [0, 0.05) is 43.3 Å². The predicted octanol–water partition coefficient (Wildman–Crippen LogP) is 4.72. The first kappa shape index (κ1) is 23.5. The van der Waals surface area contributed by atoms with Crippen LogP contribution in [0.2, 0.25) is 5.02 Å². The molecule has 2 aromatic carbocycles. The maximum atomic E-state index is 12.9. The van der Waals surface area contributed by atoms with E-state index in [0.29, 0.717) is 48.9 Å². The minimum atomic E-state index is -4.20. The zero-order chi connectivity index (χ0) is 22.4. The third kappa shape index (κ3) is 6.41. The first-order valence-corrected chi connectivity index (χ1v) is 10.2. The smallest absolute Gasteiger partial charge is 0.330 e. The fourth-order valence-corrected chi connectivity index (χ4v) is 3.52. The molecule has 0 aliphatic carbocycles. The van der Waals surface area contributed by atoms with Crippen LogP contribution >= 0.6 is 11.6 Å². The van der Waals surface area contributed by atoms with Crippen LogP contribution in [0.1, 0.15) is 21.5 Å². The zero-order valence-electron chi connectivity index (χ0n) is 16.7. The summed E-state index contributed by atoms with van der Waals surface area (Å²) >= 11 is 6.21. The Kier molecular flexibility index (Phi) is 7.91. The molecule has 1 saturated heterocycles. The molecule has 0 N–H and O–H groups in total. The summed E-state index contributed by atoms with van der Waals surface area (Å²) in [5, 5.41) is 0.714. The molecule has 0 spiro atoms. The highest BCUT2D eigenvalue weighted by molar-refractivity contribution is 6.31. The van der Waals surface area contributed by atoms with Gasteiger partial charge in [-0.3, -0.25) is 9.69 Å². The van der Waals surface area contributed by atoms with Gasteiger partial charge < -0.3 is 9.64 Å². The van der Waals surface area contributed by atoms with Crippen molar-refractivity contribution in [2.45, 2.75) is 25.5 Å². The van der Waals surface area contributed by atoms with E-state index in [1.54, 1.807) is 29.2 Å². The van der Waals surface area contributed by atoms with Crippen molar-refractivity contribution < 1.29 is 27.1 Å². The lowest BCUT2D eigenvalue weighted by Gasteiger charge is -2.35. The van der Waals surface area contributed by atoms with E-state index in [-0.39, 0.29) is 12.5 Å². The minimum Gasteiger partial charge on any atom is -0.370 e. The van der Waals surface area contributed by atoms with Crippen LogP contribution in [0.4, 0.5) is 17.6 Å². The van der Waals surface area contributed by atoms with Crippen molar-refractivity contribution in [1.29, 1.82) is 0 Å². The van der Waals surface area contributed by atoms with Crippen LogP contribution in [-0.4, -0.2) is 60.8 Å². The Labute approximate surface area is 183 Å². The molecule has 4 nitrogen and oxygen atoms in total. The molecule has 168 valence electrons. The molecule has 9 heteroatoms. The third-order valence-electron chi connectivity index (χ3n) is 5.07. The van der Waals surface area contributed by atoms with Gasteiger partial charge >= 0.3 is 12.3 Å². The van der Waals surface area contributed by atoms with Gasteiger partial charge in [0.2, 0.25) is 0 Å². The van der Waals surface area contributed by atoms with E-state index in [4.69, 9.17) is 16.3 Å². The Balaban J connectivity index is 1.51. The second kappa shape index (κ2) is 10.4. The molecule has 1 aliphatic heterocycles. The highest BCUT2D eigenvalue weighted by atomic mass is 35.5. The summed E-state index contributed by atoms with van der Waals surface area (Å²) in [6.07, 6.45) is -3.78. The van der Waals surface area contributed by atoms with E-state index < -0.39 is 19.0 Å². The summed E-state index contributed by atoms with van der Waals surface area (Å²) in [4.78, 5) is 16.8. The van der Waals surface area contributed by atoms with Crippen molar-refractivity contribution >= 4 is 17.5 Å². The van der Waals surface area contributed by atoms with E-state index in [9.17, 15) is 22.4 Å². The lowest BCUT2D eigenvalue weighted by atomic mass is 10.1. The largest absolute Gasteiger partial charge is 0.370 e. The molecule has 0 aromatic heterocycles. The molecule has 0 radical (unpaired) electrons. The first-order valence-electron chi connectivity index (χ1n) is 9.84. The van der Waals surface area contributed by atoms with Gasteiger partial charge in [-0.05, 0) is 29.3 Å². The van der Waals surface area contributed by atoms with Gasteiger partial charge in [0.25, 0.3) is 5.91 Å². The first-order chi connectivity index (χ1) is 14.8. The predicted molar refractivity (Wildman–Crippen MR) is 110 cm³/mol. The highest BCUT2D eigenvalue weighted by Gasteiger charge is 2.40. The van der Waals surface area contributed by atoms with Gasteiger partial charge in [0.1, 0.15) is 6.61 Å². The van der Waals surface area contributed by atoms with Gasteiger partial charge in [-0.1, -0.05) is 41.9 Å². The van der Waals surface area contributed by atoms with E-state index in [2.05, 4.69) is 4.90 Å². The molecule has 31 heavy (non-hydrogen) atoms. The van der Waals surface area contributed by atoms with E-state index in [0.717, 1.165) is 5.56 Å². The molecule has 3 rings (SSSR count). The monoisotopic (exact) mass is 458 g/mol. The summed E-state index contributed by atoms with van der Waals surface area (Å²) in [6.45, 7) is 1.53. The minimum absolute atomic E-state index is 0.169. The van der Waals surface area contributed by atoms with Crippen molar-refractivity contribution in [2.24, 2.45) is 0 Å². The molecule has 1 aliphatic rings. The number of ether oxygens (including phenoxy) is 1. The van der Waals surface area contributed by atoms with Gasteiger partial charge in [0.15, 0.2) is 0 Å². The number of piperazine rings is 1. The number of amides is 1. The highest BCUT2D eigenvalue weighted by Crippen LogP contribution is 2.23. The Bertz CT molecular complexity index is 889. The standard InChI is InChI=1S/C22H23ClF4N2O2/c23-19-7-2-1-5-18(19)13-28-8-10-29(11-9-28)20(30)17-6-3-4-16(12-17)14-31-15-22(26,27)21(24)25/h1-7,12,21H,8-11,13-15H2. The fourth-order valence-electron chi connectivity index (χ4n) is 3.32. The van der Waals surface area contributed by atoms with Crippen molar-refractivity contribution in [3.63, 3.8) is 0 Å². The van der Waals surface area contributed by atoms with Crippen LogP contribution in [0, 0.1) is 0 Å². The van der Waals surface area contributed by atoms with Crippen LogP contribution in [0.3, 0.4) is 0 Å². The molecule has 2 aromatic rings. The van der Waals surface area contributed by atoms with Crippen LogP contribution in [0.15, 0.2) is 48.5 Å². The molecular weight excluding hydrogens is 436 g/mol. The second-order valence-corrected chi connectivity index (χ2v) is 7.82. The fraction of sp³-hybridized carbons (Fsp3) is 0.409.